The van der Waals surface area contributed by atoms with Crippen LogP contribution in [0.3, 0.4) is 0 Å². The highest BCUT2D eigenvalue weighted by molar-refractivity contribution is 5.62. The van der Waals surface area contributed by atoms with E-state index in [9.17, 15) is 15.0 Å². The monoisotopic (exact) mass is 298 g/mol. The molecule has 4 atom stereocenters. The van der Waals surface area contributed by atoms with Crippen molar-refractivity contribution >= 4 is 12.0 Å². The maximum Gasteiger partial charge on any atom is 0.351 e. The van der Waals surface area contributed by atoms with Crippen LogP contribution in [-0.4, -0.2) is 51.9 Å². The Morgan fingerprint density at radius 2 is 2.38 bits per heavy atom. The summed E-state index contributed by atoms with van der Waals surface area (Å²) in [5, 5.41) is 23.2. The molecule has 1 aromatic heterocycles. The van der Waals surface area contributed by atoms with Gasteiger partial charge in [-0.1, -0.05) is 5.16 Å². The first-order chi connectivity index (χ1) is 9.99. The number of oxime groups is 1. The zero-order valence-corrected chi connectivity index (χ0v) is 11.7. The van der Waals surface area contributed by atoms with Crippen molar-refractivity contribution in [2.24, 2.45) is 11.1 Å². The van der Waals surface area contributed by atoms with Crippen LogP contribution in [0.1, 0.15) is 11.8 Å². The zero-order valence-electron chi connectivity index (χ0n) is 11.7. The number of nitrogen functional groups attached to an aromatic ring is 1. The minimum absolute atomic E-state index is 0.125. The van der Waals surface area contributed by atoms with Gasteiger partial charge < -0.3 is 25.5 Å². The Morgan fingerprint density at radius 1 is 1.67 bits per heavy atom. The molecule has 116 valence electrons. The van der Waals surface area contributed by atoms with Gasteiger partial charge in [0.1, 0.15) is 19.0 Å². The van der Waals surface area contributed by atoms with E-state index in [0.29, 0.717) is 5.56 Å². The number of rotatable bonds is 4. The zero-order chi connectivity index (χ0) is 15.6. The summed E-state index contributed by atoms with van der Waals surface area (Å²) < 4.78 is 6.68. The van der Waals surface area contributed by atoms with Crippen molar-refractivity contribution in [3.05, 3.63) is 22.2 Å². The molecule has 0 radical (unpaired) electrons. The van der Waals surface area contributed by atoms with Crippen LogP contribution >= 0.6 is 0 Å². The third-order valence-electron chi connectivity index (χ3n) is 3.40. The average Bonchev–Trinajstić information content (AvgIpc) is 2.77. The molecule has 0 aliphatic carbocycles. The lowest BCUT2D eigenvalue weighted by Crippen LogP contribution is -2.34. The number of aromatic nitrogens is 2. The minimum atomic E-state index is -1.08. The van der Waals surface area contributed by atoms with Gasteiger partial charge in [0.15, 0.2) is 6.23 Å². The third-order valence-corrected chi connectivity index (χ3v) is 3.40. The van der Waals surface area contributed by atoms with Crippen molar-refractivity contribution in [1.82, 2.24) is 9.55 Å². The van der Waals surface area contributed by atoms with Gasteiger partial charge in [0.2, 0.25) is 0 Å². The fourth-order valence-electron chi connectivity index (χ4n) is 2.23. The van der Waals surface area contributed by atoms with Crippen LogP contribution in [0.25, 0.3) is 0 Å². The molecule has 9 nitrogen and oxygen atoms in total. The fourth-order valence-corrected chi connectivity index (χ4v) is 2.23. The van der Waals surface area contributed by atoms with Crippen LogP contribution in [0.15, 0.2) is 16.1 Å². The molecule has 1 fully saturated rings. The first kappa shape index (κ1) is 15.4. The molecule has 1 aliphatic rings. The molecule has 1 aromatic rings. The summed E-state index contributed by atoms with van der Waals surface area (Å²) in [5.74, 6) is -0.482. The number of aryl methyl sites for hydroxylation is 1. The summed E-state index contributed by atoms with van der Waals surface area (Å²) in [4.78, 5) is 20.1. The SMILES string of the molecule is CO/N=C/C1[C@@H](O)[C@H](n2cc(C)c(N)nc2=O)O[C@@H]1CO. The van der Waals surface area contributed by atoms with Gasteiger partial charge >= 0.3 is 5.69 Å². The molecule has 0 saturated carbocycles. The molecule has 21 heavy (non-hydrogen) atoms. The summed E-state index contributed by atoms with van der Waals surface area (Å²) in [6, 6.07) is 0. The van der Waals surface area contributed by atoms with E-state index in [4.69, 9.17) is 10.5 Å². The predicted molar refractivity (Wildman–Crippen MR) is 73.6 cm³/mol. The molecule has 0 bridgehead atoms. The highest BCUT2D eigenvalue weighted by atomic mass is 16.6. The second kappa shape index (κ2) is 6.20. The molecule has 4 N–H and O–H groups in total. The second-order valence-corrected chi connectivity index (χ2v) is 4.75. The molecular weight excluding hydrogens is 280 g/mol. The number of anilines is 1. The molecule has 1 unspecified atom stereocenters. The smallest absolute Gasteiger partial charge is 0.351 e. The Morgan fingerprint density at radius 3 is 3.00 bits per heavy atom. The van der Waals surface area contributed by atoms with E-state index in [1.807, 2.05) is 0 Å². The predicted octanol–water partition coefficient (Wildman–Crippen LogP) is -1.37. The second-order valence-electron chi connectivity index (χ2n) is 4.75. The van der Waals surface area contributed by atoms with Gasteiger partial charge in [0, 0.05) is 11.8 Å². The summed E-state index contributed by atoms with van der Waals surface area (Å²) in [5.41, 5.74) is 5.51. The van der Waals surface area contributed by atoms with Gasteiger partial charge in [0.05, 0.1) is 24.8 Å². The van der Waals surface area contributed by atoms with Gasteiger partial charge in [-0.2, -0.15) is 4.98 Å². The lowest BCUT2D eigenvalue weighted by Gasteiger charge is -2.18. The minimum Gasteiger partial charge on any atom is -0.399 e. The van der Waals surface area contributed by atoms with E-state index in [1.54, 1.807) is 6.92 Å². The molecular formula is C12H18N4O5. The lowest BCUT2D eigenvalue weighted by molar-refractivity contribution is -0.0532. The summed E-state index contributed by atoms with van der Waals surface area (Å²) >= 11 is 0. The number of aliphatic hydroxyl groups excluding tert-OH is 2. The lowest BCUT2D eigenvalue weighted by atomic mass is 10.00. The largest absolute Gasteiger partial charge is 0.399 e. The van der Waals surface area contributed by atoms with Gasteiger partial charge in [-0.25, -0.2) is 4.79 Å². The molecule has 0 spiro atoms. The number of nitrogens with zero attached hydrogens (tertiary/aromatic N) is 3. The highest BCUT2D eigenvalue weighted by Crippen LogP contribution is 2.32. The number of ether oxygens (including phenoxy) is 1. The Kier molecular flexibility index (Phi) is 4.56. The van der Waals surface area contributed by atoms with Crippen LogP contribution in [0.4, 0.5) is 5.82 Å². The van der Waals surface area contributed by atoms with Crippen LogP contribution in [0.2, 0.25) is 0 Å². The van der Waals surface area contributed by atoms with E-state index in [-0.39, 0.29) is 12.4 Å². The first-order valence-electron chi connectivity index (χ1n) is 6.36. The molecule has 9 heteroatoms. The topological polar surface area (TPSA) is 132 Å². The van der Waals surface area contributed by atoms with Crippen molar-refractivity contribution < 1.29 is 19.8 Å². The summed E-state index contributed by atoms with van der Waals surface area (Å²) in [7, 11) is 1.36. The van der Waals surface area contributed by atoms with Crippen LogP contribution in [0, 0.1) is 12.8 Å². The third kappa shape index (κ3) is 2.89. The van der Waals surface area contributed by atoms with E-state index >= 15 is 0 Å². The van der Waals surface area contributed by atoms with E-state index in [0.717, 1.165) is 4.57 Å². The first-order valence-corrected chi connectivity index (χ1v) is 6.36. The van der Waals surface area contributed by atoms with Crippen molar-refractivity contribution in [2.45, 2.75) is 25.4 Å². The van der Waals surface area contributed by atoms with Crippen molar-refractivity contribution in [3.63, 3.8) is 0 Å². The van der Waals surface area contributed by atoms with E-state index in [2.05, 4.69) is 15.0 Å². The standard InChI is InChI=1S/C12H18N4O5/c1-6-4-16(12(19)15-10(6)13)11-9(18)7(3-14-20-2)8(5-17)21-11/h3-4,7-9,11,17-18H,5H2,1-2H3,(H2,13,15,19)/b14-3+/t7?,8-,9-,11-/m1/s1. The Labute approximate surface area is 120 Å². The number of hydrogen-bond donors (Lipinski definition) is 3. The fraction of sp³-hybridized carbons (Fsp3) is 0.583. The van der Waals surface area contributed by atoms with Crippen molar-refractivity contribution in [3.8, 4) is 0 Å². The van der Waals surface area contributed by atoms with Gasteiger partial charge in [-0.3, -0.25) is 4.57 Å². The van der Waals surface area contributed by atoms with Crippen molar-refractivity contribution in [2.75, 3.05) is 19.5 Å². The van der Waals surface area contributed by atoms with Gasteiger partial charge in [-0.05, 0) is 6.92 Å². The molecule has 0 amide bonds. The van der Waals surface area contributed by atoms with Crippen LogP contribution < -0.4 is 11.4 Å². The number of aliphatic hydroxyl groups is 2. The number of hydrogen-bond acceptors (Lipinski definition) is 8. The molecule has 2 rings (SSSR count). The average molecular weight is 298 g/mol. The molecule has 2 heterocycles. The maximum atomic E-state index is 11.9. The maximum absolute atomic E-state index is 11.9. The highest BCUT2D eigenvalue weighted by Gasteiger charge is 2.44. The van der Waals surface area contributed by atoms with Crippen molar-refractivity contribution in [1.29, 1.82) is 0 Å². The van der Waals surface area contributed by atoms with E-state index in [1.165, 1.54) is 19.5 Å². The van der Waals surface area contributed by atoms with Crippen LogP contribution in [0.5, 0.6) is 0 Å². The summed E-state index contributed by atoms with van der Waals surface area (Å²) in [6.07, 6.45) is 0.0452. The molecule has 0 aromatic carbocycles. The molecule has 1 saturated heterocycles. The number of nitrogens with two attached hydrogens (primary N) is 1. The molecule has 1 aliphatic heterocycles. The van der Waals surface area contributed by atoms with Gasteiger partial charge in [-0.15, -0.1) is 0 Å². The summed E-state index contributed by atoms with van der Waals surface area (Å²) in [6.45, 7) is 1.36. The quantitative estimate of drug-likeness (QED) is 0.461. The normalized spacial score (nSPS) is 29.1. The Bertz CT molecular complexity index is 588. The van der Waals surface area contributed by atoms with Gasteiger partial charge in [0.25, 0.3) is 0 Å². The van der Waals surface area contributed by atoms with Crippen LogP contribution in [-0.2, 0) is 9.57 Å². The Balaban J connectivity index is 2.35. The Hall–Kier alpha value is -1.97. The van der Waals surface area contributed by atoms with E-state index < -0.39 is 30.0 Å².